The average molecular weight is 257 g/mol. The number of nitrogens with two attached hydrogens (primary N) is 1. The summed E-state index contributed by atoms with van der Waals surface area (Å²) in [6.45, 7) is 7.77. The van der Waals surface area contributed by atoms with Gasteiger partial charge in [0, 0.05) is 12.1 Å². The highest BCUT2D eigenvalue weighted by Crippen LogP contribution is 2.22. The molecule has 0 aromatic carbocycles. The van der Waals surface area contributed by atoms with Gasteiger partial charge in [0.05, 0.1) is 10.4 Å². The van der Waals surface area contributed by atoms with Crippen LogP contribution in [-0.4, -0.2) is 28.0 Å². The zero-order valence-corrected chi connectivity index (χ0v) is 11.9. The number of nitrogens with one attached hydrogen (secondary N) is 1. The van der Waals surface area contributed by atoms with Gasteiger partial charge in [0.15, 0.2) is 0 Å². The van der Waals surface area contributed by atoms with Gasteiger partial charge in [0.25, 0.3) is 0 Å². The molecule has 0 aromatic rings. The van der Waals surface area contributed by atoms with E-state index in [0.29, 0.717) is 12.1 Å². The largest absolute Gasteiger partial charge is 0.392 e. The average Bonchev–Trinajstić information content (AvgIpc) is 2.23. The minimum Gasteiger partial charge on any atom is -0.392 e. The van der Waals surface area contributed by atoms with Gasteiger partial charge in [-0.1, -0.05) is 18.6 Å². The number of piperidine rings is 1. The number of nitrogens with zero attached hydrogens (tertiary/aromatic N) is 1. The number of hydrogen-bond donors (Lipinski definition) is 2. The second kappa shape index (κ2) is 5.31. The van der Waals surface area contributed by atoms with E-state index in [2.05, 4.69) is 19.3 Å². The van der Waals surface area contributed by atoms with E-state index in [4.69, 9.17) is 18.0 Å². The minimum atomic E-state index is -0.799. The third-order valence-corrected chi connectivity index (χ3v) is 4.12. The second-order valence-corrected chi connectivity index (χ2v) is 5.91. The molecule has 17 heavy (non-hydrogen) atoms. The smallest absolute Gasteiger partial charge is 0.246 e. The molecule has 1 fully saturated rings. The molecule has 0 bridgehead atoms. The fraction of sp³-hybridized carbons (Fsp3) is 0.833. The van der Waals surface area contributed by atoms with Gasteiger partial charge in [0.2, 0.25) is 5.91 Å². The number of thiocarbonyl (C=S) groups is 1. The SMILES string of the molecule is CC1CCCC(C)N1NC(=O)C(C)(C)C(N)=S. The van der Waals surface area contributed by atoms with Crippen molar-refractivity contribution in [2.45, 2.75) is 59.0 Å². The van der Waals surface area contributed by atoms with Crippen LogP contribution in [0, 0.1) is 5.41 Å². The van der Waals surface area contributed by atoms with Gasteiger partial charge in [-0.25, -0.2) is 5.01 Å². The highest BCUT2D eigenvalue weighted by molar-refractivity contribution is 7.80. The van der Waals surface area contributed by atoms with Gasteiger partial charge in [-0.2, -0.15) is 0 Å². The highest BCUT2D eigenvalue weighted by atomic mass is 32.1. The monoisotopic (exact) mass is 257 g/mol. The fourth-order valence-electron chi connectivity index (χ4n) is 2.01. The Morgan fingerprint density at radius 3 is 2.24 bits per heavy atom. The molecule has 1 amide bonds. The van der Waals surface area contributed by atoms with E-state index in [1.807, 2.05) is 5.01 Å². The van der Waals surface area contributed by atoms with Crippen LogP contribution in [-0.2, 0) is 4.79 Å². The second-order valence-electron chi connectivity index (χ2n) is 5.47. The molecule has 4 nitrogen and oxygen atoms in total. The summed E-state index contributed by atoms with van der Waals surface area (Å²) in [5, 5.41) is 2.03. The van der Waals surface area contributed by atoms with Crippen molar-refractivity contribution in [1.29, 1.82) is 0 Å². The van der Waals surface area contributed by atoms with Gasteiger partial charge >= 0.3 is 0 Å². The summed E-state index contributed by atoms with van der Waals surface area (Å²) >= 11 is 4.93. The van der Waals surface area contributed by atoms with Crippen LogP contribution in [0.2, 0.25) is 0 Å². The number of amides is 1. The van der Waals surface area contributed by atoms with Gasteiger partial charge in [-0.05, 0) is 40.5 Å². The maximum Gasteiger partial charge on any atom is 0.246 e. The van der Waals surface area contributed by atoms with Crippen LogP contribution in [0.25, 0.3) is 0 Å². The van der Waals surface area contributed by atoms with E-state index in [-0.39, 0.29) is 10.9 Å². The highest BCUT2D eigenvalue weighted by Gasteiger charge is 2.34. The molecule has 1 saturated heterocycles. The number of carbonyl (C=O) groups excluding carboxylic acids is 1. The Kier molecular flexibility index (Phi) is 4.49. The van der Waals surface area contributed by atoms with E-state index in [9.17, 15) is 4.79 Å². The molecule has 98 valence electrons. The van der Waals surface area contributed by atoms with Crippen molar-refractivity contribution >= 4 is 23.1 Å². The number of hydrazine groups is 1. The maximum atomic E-state index is 12.1. The van der Waals surface area contributed by atoms with Crippen LogP contribution in [0.3, 0.4) is 0 Å². The Bertz CT molecular complexity index is 307. The van der Waals surface area contributed by atoms with Crippen LogP contribution in [0.15, 0.2) is 0 Å². The van der Waals surface area contributed by atoms with E-state index in [1.54, 1.807) is 13.8 Å². The predicted molar refractivity (Wildman–Crippen MR) is 73.3 cm³/mol. The summed E-state index contributed by atoms with van der Waals surface area (Å²) in [6.07, 6.45) is 3.43. The lowest BCUT2D eigenvalue weighted by atomic mass is 9.92. The summed E-state index contributed by atoms with van der Waals surface area (Å²) in [5.41, 5.74) is 7.77. The van der Waals surface area contributed by atoms with Gasteiger partial charge in [-0.3, -0.25) is 10.2 Å². The third kappa shape index (κ3) is 3.16. The molecule has 1 rings (SSSR count). The molecular formula is C12H23N3OS. The molecule has 5 heteroatoms. The van der Waals surface area contributed by atoms with Crippen LogP contribution in [0.5, 0.6) is 0 Å². The molecule has 0 aromatic heterocycles. The molecule has 0 saturated carbocycles. The molecule has 0 spiro atoms. The number of hydrogen-bond acceptors (Lipinski definition) is 3. The molecule has 3 N–H and O–H groups in total. The Labute approximate surface area is 109 Å². The topological polar surface area (TPSA) is 58.4 Å². The molecule has 1 aliphatic heterocycles. The molecule has 2 unspecified atom stereocenters. The summed E-state index contributed by atoms with van der Waals surface area (Å²) in [6, 6.07) is 0.731. The quantitative estimate of drug-likeness (QED) is 0.754. The van der Waals surface area contributed by atoms with Crippen LogP contribution >= 0.6 is 12.2 Å². The first kappa shape index (κ1) is 14.4. The Morgan fingerprint density at radius 1 is 1.35 bits per heavy atom. The van der Waals surface area contributed by atoms with Crippen LogP contribution < -0.4 is 11.2 Å². The molecule has 0 aliphatic carbocycles. The molecule has 1 aliphatic rings. The lowest BCUT2D eigenvalue weighted by Crippen LogP contribution is -2.58. The van der Waals surface area contributed by atoms with Crippen molar-refractivity contribution in [3.05, 3.63) is 0 Å². The predicted octanol–water partition coefficient (Wildman–Crippen LogP) is 1.59. The lowest BCUT2D eigenvalue weighted by Gasteiger charge is -2.40. The van der Waals surface area contributed by atoms with Gasteiger partial charge in [-0.15, -0.1) is 0 Å². The minimum absolute atomic E-state index is 0.120. The standard InChI is InChI=1S/C12H23N3OS/c1-8-6-5-7-9(2)15(8)14-11(16)12(3,4)10(13)17/h8-9H,5-7H2,1-4H3,(H2,13,17)(H,14,16). The normalized spacial score (nSPS) is 26.6. The van der Waals surface area contributed by atoms with E-state index < -0.39 is 5.41 Å². The van der Waals surface area contributed by atoms with Crippen LogP contribution in [0.1, 0.15) is 47.0 Å². The molecule has 0 radical (unpaired) electrons. The Morgan fingerprint density at radius 2 is 1.82 bits per heavy atom. The van der Waals surface area contributed by atoms with Gasteiger partial charge in [0.1, 0.15) is 0 Å². The van der Waals surface area contributed by atoms with E-state index >= 15 is 0 Å². The first-order chi connectivity index (χ1) is 7.76. The molecule has 1 heterocycles. The maximum absolute atomic E-state index is 12.1. The fourth-order valence-corrected chi connectivity index (χ4v) is 2.10. The van der Waals surface area contributed by atoms with Crippen LogP contribution in [0.4, 0.5) is 0 Å². The van der Waals surface area contributed by atoms with Crippen molar-refractivity contribution < 1.29 is 4.79 Å². The Hall–Kier alpha value is -0.680. The van der Waals surface area contributed by atoms with E-state index in [0.717, 1.165) is 12.8 Å². The van der Waals surface area contributed by atoms with Crippen molar-refractivity contribution in [3.63, 3.8) is 0 Å². The molecule has 2 atom stereocenters. The summed E-state index contributed by atoms with van der Waals surface area (Å²) in [7, 11) is 0. The summed E-state index contributed by atoms with van der Waals surface area (Å²) < 4.78 is 0. The first-order valence-electron chi connectivity index (χ1n) is 6.16. The third-order valence-electron chi connectivity index (χ3n) is 3.61. The van der Waals surface area contributed by atoms with Crippen molar-refractivity contribution in [1.82, 2.24) is 10.4 Å². The molecular weight excluding hydrogens is 234 g/mol. The van der Waals surface area contributed by atoms with Crippen molar-refractivity contribution in [2.75, 3.05) is 0 Å². The van der Waals surface area contributed by atoms with Gasteiger partial charge < -0.3 is 5.73 Å². The first-order valence-corrected chi connectivity index (χ1v) is 6.57. The number of carbonyl (C=O) groups is 1. The van der Waals surface area contributed by atoms with E-state index in [1.165, 1.54) is 6.42 Å². The summed E-state index contributed by atoms with van der Waals surface area (Å²) in [4.78, 5) is 12.4. The summed E-state index contributed by atoms with van der Waals surface area (Å²) in [5.74, 6) is -0.120. The lowest BCUT2D eigenvalue weighted by molar-refractivity contribution is -0.134. The number of rotatable bonds is 3. The Balaban J connectivity index is 2.70. The van der Waals surface area contributed by atoms with Crippen molar-refractivity contribution in [3.8, 4) is 0 Å². The zero-order chi connectivity index (χ0) is 13.2. The van der Waals surface area contributed by atoms with Crippen molar-refractivity contribution in [2.24, 2.45) is 11.1 Å². The zero-order valence-electron chi connectivity index (χ0n) is 11.1.